The van der Waals surface area contributed by atoms with Crippen molar-refractivity contribution < 1.29 is 0 Å². The van der Waals surface area contributed by atoms with Crippen molar-refractivity contribution >= 4 is 13.3 Å². The first-order valence-corrected chi connectivity index (χ1v) is 26.1. The molecule has 1 aliphatic carbocycles. The Hall–Kier alpha value is -7.72. The largest absolute Gasteiger partial charge is 0.228 e. The van der Waals surface area contributed by atoms with Crippen molar-refractivity contribution in [1.29, 1.82) is 0 Å². The van der Waals surface area contributed by atoms with E-state index in [1.165, 1.54) is 38.6 Å². The second kappa shape index (κ2) is 16.4. The summed E-state index contributed by atoms with van der Waals surface area (Å²) in [6.45, 7) is 7.16. The van der Waals surface area contributed by atoms with Gasteiger partial charge >= 0.3 is 0 Å². The van der Waals surface area contributed by atoms with Crippen LogP contribution in [0.2, 0.25) is 19.6 Å². The van der Waals surface area contributed by atoms with E-state index in [2.05, 4.69) is 256 Å². The second-order valence-electron chi connectivity index (χ2n) is 18.2. The fourth-order valence-corrected chi connectivity index (χ4v) is 11.0. The third kappa shape index (κ3) is 7.34. The van der Waals surface area contributed by atoms with E-state index in [9.17, 15) is 0 Å². The summed E-state index contributed by atoms with van der Waals surface area (Å²) in [6.07, 6.45) is 0. The smallest absolute Gasteiger partial charge is 0.160 e. The minimum atomic E-state index is -1.51. The second-order valence-corrected chi connectivity index (χ2v) is 23.3. The van der Waals surface area contributed by atoms with Gasteiger partial charge in [0.05, 0.1) is 24.9 Å². The van der Waals surface area contributed by atoms with Gasteiger partial charge in [-0.3, -0.25) is 0 Å². The highest BCUT2D eigenvalue weighted by atomic mass is 28.3. The molecule has 1 heterocycles. The molecular weight excluding hydrogens is 801 g/mol. The Morgan fingerprint density at radius 1 is 0.308 bits per heavy atom. The molecule has 0 unspecified atom stereocenters. The van der Waals surface area contributed by atoms with Gasteiger partial charge in [0.15, 0.2) is 5.82 Å². The lowest BCUT2D eigenvalue weighted by Crippen LogP contribution is -2.37. The van der Waals surface area contributed by atoms with Crippen molar-refractivity contribution in [2.24, 2.45) is 0 Å². The molecule has 0 atom stereocenters. The van der Waals surface area contributed by atoms with Gasteiger partial charge in [0, 0.05) is 16.7 Å². The van der Waals surface area contributed by atoms with Crippen molar-refractivity contribution in [3.8, 4) is 78.4 Å². The zero-order chi connectivity index (χ0) is 44.0. The van der Waals surface area contributed by atoms with E-state index in [4.69, 9.17) is 9.97 Å². The SMILES string of the molecule is C[Si](C)(C)c1ccc(-c2nc(-c3cccc(-c4ccc5c(c4)C(c4ccccc4)(c4ccccc4)c4ccccc4-5)c3)cc(-c3cc(-c4ccccc4)cc(-c4ccccc4)c3)n2)cc1. The van der Waals surface area contributed by atoms with E-state index in [1.54, 1.807) is 0 Å². The lowest BCUT2D eigenvalue weighted by atomic mass is 9.67. The monoisotopic (exact) mass is 848 g/mol. The van der Waals surface area contributed by atoms with Gasteiger partial charge in [-0.1, -0.05) is 225 Å². The average molecular weight is 849 g/mol. The number of benzene rings is 9. The van der Waals surface area contributed by atoms with Gasteiger partial charge in [-0.05, 0) is 103 Å². The number of aromatic nitrogens is 2. The Bertz CT molecular complexity index is 3220. The van der Waals surface area contributed by atoms with Crippen molar-refractivity contribution in [1.82, 2.24) is 9.97 Å². The van der Waals surface area contributed by atoms with E-state index in [0.717, 1.165) is 61.5 Å². The predicted octanol–water partition coefficient (Wildman–Crippen LogP) is 15.4. The molecule has 3 heteroatoms. The van der Waals surface area contributed by atoms with Crippen LogP contribution in [0.1, 0.15) is 22.3 Å². The molecule has 1 aliphatic rings. The van der Waals surface area contributed by atoms with Crippen LogP contribution in [0.4, 0.5) is 0 Å². The van der Waals surface area contributed by atoms with E-state index in [1.807, 2.05) is 0 Å². The summed E-state index contributed by atoms with van der Waals surface area (Å²) in [5, 5.41) is 1.41. The molecule has 0 N–H and O–H groups in total. The molecule has 0 radical (unpaired) electrons. The Kier molecular flexibility index (Phi) is 10.1. The van der Waals surface area contributed by atoms with Crippen LogP contribution in [0.5, 0.6) is 0 Å². The first-order valence-electron chi connectivity index (χ1n) is 22.6. The first-order chi connectivity index (χ1) is 31.8. The van der Waals surface area contributed by atoms with E-state index < -0.39 is 13.5 Å². The number of rotatable bonds is 9. The molecule has 0 spiro atoms. The Morgan fingerprint density at radius 2 is 0.754 bits per heavy atom. The molecule has 0 aliphatic heterocycles. The maximum atomic E-state index is 5.37. The fourth-order valence-electron chi connectivity index (χ4n) is 9.84. The summed E-state index contributed by atoms with van der Waals surface area (Å²) >= 11 is 0. The Labute approximate surface area is 383 Å². The molecule has 65 heavy (non-hydrogen) atoms. The van der Waals surface area contributed by atoms with Crippen LogP contribution in [-0.4, -0.2) is 18.0 Å². The van der Waals surface area contributed by atoms with Gasteiger partial charge in [-0.15, -0.1) is 0 Å². The van der Waals surface area contributed by atoms with Gasteiger partial charge in [0.1, 0.15) is 0 Å². The zero-order valence-corrected chi connectivity index (χ0v) is 37.9. The summed E-state index contributed by atoms with van der Waals surface area (Å²) in [7, 11) is -1.51. The van der Waals surface area contributed by atoms with Gasteiger partial charge in [0.2, 0.25) is 0 Å². The topological polar surface area (TPSA) is 25.8 Å². The molecule has 0 amide bonds. The molecule has 0 saturated carbocycles. The highest BCUT2D eigenvalue weighted by Gasteiger charge is 2.46. The van der Waals surface area contributed by atoms with Crippen LogP contribution < -0.4 is 5.19 Å². The summed E-state index contributed by atoms with van der Waals surface area (Å²) in [6, 6.07) is 86.2. The van der Waals surface area contributed by atoms with Gasteiger partial charge in [0.25, 0.3) is 0 Å². The molecular formula is C62H48N2Si. The van der Waals surface area contributed by atoms with Crippen LogP contribution in [0.25, 0.3) is 78.4 Å². The molecule has 2 nitrogen and oxygen atoms in total. The van der Waals surface area contributed by atoms with Crippen LogP contribution in [0.15, 0.2) is 237 Å². The molecule has 10 aromatic rings. The summed E-state index contributed by atoms with van der Waals surface area (Å²) in [5.74, 6) is 0.710. The maximum Gasteiger partial charge on any atom is 0.160 e. The van der Waals surface area contributed by atoms with Gasteiger partial charge < -0.3 is 0 Å². The summed E-state index contributed by atoms with van der Waals surface area (Å²) in [4.78, 5) is 10.7. The van der Waals surface area contributed by atoms with Crippen LogP contribution >= 0.6 is 0 Å². The van der Waals surface area contributed by atoms with Crippen molar-refractivity contribution in [2.75, 3.05) is 0 Å². The standard InChI is InChI=1S/C62H48N2Si/c1-65(2,3)54-34-31-45(32-35-54)61-63-59(42-60(64-61)51-39-49(43-19-8-4-9-20-43)38-50(40-51)44-21-10-5-11-22-44)48-24-18-23-46(37-48)47-33-36-56-55-29-16-17-30-57(55)62(58(56)41-47,52-25-12-6-13-26-52)53-27-14-7-15-28-53/h4-42H,1-3H3. The third-order valence-corrected chi connectivity index (χ3v) is 15.2. The zero-order valence-electron chi connectivity index (χ0n) is 36.9. The highest BCUT2D eigenvalue weighted by molar-refractivity contribution is 6.88. The number of nitrogens with zero attached hydrogens (tertiary/aromatic N) is 2. The van der Waals surface area contributed by atoms with E-state index in [0.29, 0.717) is 5.82 Å². The van der Waals surface area contributed by atoms with E-state index >= 15 is 0 Å². The van der Waals surface area contributed by atoms with Crippen molar-refractivity contribution in [2.45, 2.75) is 25.1 Å². The normalized spacial score (nSPS) is 12.7. The quantitative estimate of drug-likeness (QED) is 0.135. The molecule has 0 fully saturated rings. The molecule has 0 saturated heterocycles. The third-order valence-electron chi connectivity index (χ3n) is 13.1. The first kappa shape index (κ1) is 40.1. The number of hydrogen-bond acceptors (Lipinski definition) is 2. The number of fused-ring (bicyclic) bond motifs is 3. The maximum absolute atomic E-state index is 5.37. The minimum Gasteiger partial charge on any atom is -0.228 e. The van der Waals surface area contributed by atoms with Crippen LogP contribution in [0, 0.1) is 0 Å². The minimum absolute atomic E-state index is 0.476. The average Bonchev–Trinajstić information content (AvgIpc) is 3.67. The lowest BCUT2D eigenvalue weighted by Gasteiger charge is -2.34. The van der Waals surface area contributed by atoms with Crippen LogP contribution in [-0.2, 0) is 5.41 Å². The Morgan fingerprint density at radius 3 is 1.35 bits per heavy atom. The van der Waals surface area contributed by atoms with E-state index in [-0.39, 0.29) is 0 Å². The van der Waals surface area contributed by atoms with Gasteiger partial charge in [-0.25, -0.2) is 9.97 Å². The molecule has 9 aromatic carbocycles. The summed E-state index contributed by atoms with van der Waals surface area (Å²) in [5.41, 5.74) is 18.9. The van der Waals surface area contributed by atoms with Crippen molar-refractivity contribution in [3.63, 3.8) is 0 Å². The highest BCUT2D eigenvalue weighted by Crippen LogP contribution is 2.56. The number of hydrogen-bond donors (Lipinski definition) is 0. The molecule has 1 aromatic heterocycles. The molecule has 310 valence electrons. The predicted molar refractivity (Wildman–Crippen MR) is 275 cm³/mol. The van der Waals surface area contributed by atoms with Crippen LogP contribution in [0.3, 0.4) is 0 Å². The van der Waals surface area contributed by atoms with Gasteiger partial charge in [-0.2, -0.15) is 0 Å². The molecule has 11 rings (SSSR count). The molecule has 0 bridgehead atoms. The fraction of sp³-hybridized carbons (Fsp3) is 0.0645. The summed E-state index contributed by atoms with van der Waals surface area (Å²) < 4.78 is 0. The lowest BCUT2D eigenvalue weighted by molar-refractivity contribution is 0.769. The van der Waals surface area contributed by atoms with Crippen molar-refractivity contribution in [3.05, 3.63) is 259 Å². The Balaban J connectivity index is 1.08.